The maximum atomic E-state index is 10.2. The van der Waals surface area contributed by atoms with E-state index in [1.807, 2.05) is 37.3 Å². The lowest BCUT2D eigenvalue weighted by molar-refractivity contribution is 0.463. The molecule has 0 atom stereocenters. The first-order valence-corrected chi connectivity index (χ1v) is 7.19. The second kappa shape index (κ2) is 6.11. The molecule has 0 fully saturated rings. The molecule has 2 aromatic rings. The number of halogens is 1. The number of nitrogens with zero attached hydrogens (tertiary/aromatic N) is 1. The van der Waals surface area contributed by atoms with E-state index in [0.29, 0.717) is 12.3 Å². The summed E-state index contributed by atoms with van der Waals surface area (Å²) in [6, 6.07) is 14.2. The van der Waals surface area contributed by atoms with Crippen molar-refractivity contribution in [2.45, 2.75) is 20.4 Å². The number of hydrogen-bond acceptors (Lipinski definition) is 2. The molecule has 3 heteroatoms. The third-order valence-electron chi connectivity index (χ3n) is 3.21. The third kappa shape index (κ3) is 3.29. The Bertz CT molecular complexity index is 554. The number of aryl methyl sites for hydroxylation is 1. The van der Waals surface area contributed by atoms with Gasteiger partial charge in [-0.2, -0.15) is 0 Å². The quantitative estimate of drug-likeness (QED) is 0.897. The van der Waals surface area contributed by atoms with Gasteiger partial charge in [0.15, 0.2) is 0 Å². The second-order valence-electron chi connectivity index (χ2n) is 4.58. The smallest absolute Gasteiger partial charge is 0.123 e. The third-order valence-corrected chi connectivity index (χ3v) is 3.67. The van der Waals surface area contributed by atoms with Gasteiger partial charge in [-0.25, -0.2) is 0 Å². The second-order valence-corrected chi connectivity index (χ2v) is 5.50. The van der Waals surface area contributed by atoms with Gasteiger partial charge in [0, 0.05) is 28.8 Å². The maximum Gasteiger partial charge on any atom is 0.123 e. The van der Waals surface area contributed by atoms with E-state index in [1.54, 1.807) is 0 Å². The minimum absolute atomic E-state index is 0.387. The average Bonchev–Trinajstić information content (AvgIpc) is 2.42. The minimum Gasteiger partial charge on any atom is -0.507 e. The first kappa shape index (κ1) is 13.9. The van der Waals surface area contributed by atoms with Crippen molar-refractivity contribution >= 4 is 21.6 Å². The molecule has 0 amide bonds. The fourth-order valence-corrected chi connectivity index (χ4v) is 2.78. The van der Waals surface area contributed by atoms with Crippen molar-refractivity contribution in [1.82, 2.24) is 0 Å². The molecule has 100 valence electrons. The summed E-state index contributed by atoms with van der Waals surface area (Å²) >= 11 is 3.49. The molecule has 1 N–H and O–H groups in total. The van der Waals surface area contributed by atoms with Crippen molar-refractivity contribution < 1.29 is 5.11 Å². The normalized spacial score (nSPS) is 10.5. The molecule has 0 aliphatic carbocycles. The highest BCUT2D eigenvalue weighted by atomic mass is 79.9. The predicted octanol–water partition coefficient (Wildman–Crippen LogP) is 4.49. The lowest BCUT2D eigenvalue weighted by Crippen LogP contribution is -2.22. The molecule has 2 aromatic carbocycles. The van der Waals surface area contributed by atoms with Crippen molar-refractivity contribution in [1.29, 1.82) is 0 Å². The zero-order chi connectivity index (χ0) is 13.8. The molecule has 0 heterocycles. The van der Waals surface area contributed by atoms with Crippen LogP contribution in [0, 0.1) is 6.92 Å². The molecule has 0 aromatic heterocycles. The van der Waals surface area contributed by atoms with Crippen LogP contribution in [0.25, 0.3) is 0 Å². The average molecular weight is 320 g/mol. The number of aromatic hydroxyl groups is 1. The van der Waals surface area contributed by atoms with Crippen molar-refractivity contribution in [3.63, 3.8) is 0 Å². The van der Waals surface area contributed by atoms with Crippen molar-refractivity contribution in [3.05, 3.63) is 58.1 Å². The molecule has 0 aliphatic heterocycles. The molecule has 0 unspecified atom stereocenters. The molecule has 2 nitrogen and oxygen atoms in total. The van der Waals surface area contributed by atoms with Gasteiger partial charge in [0.2, 0.25) is 0 Å². The monoisotopic (exact) mass is 319 g/mol. The van der Waals surface area contributed by atoms with Gasteiger partial charge in [-0.05, 0) is 43.7 Å². The number of hydrogen-bond donors (Lipinski definition) is 1. The fourth-order valence-electron chi connectivity index (χ4n) is 2.16. The first-order chi connectivity index (χ1) is 9.11. The maximum absolute atomic E-state index is 10.2. The van der Waals surface area contributed by atoms with Gasteiger partial charge < -0.3 is 10.0 Å². The number of anilines is 1. The minimum atomic E-state index is 0.387. The topological polar surface area (TPSA) is 23.5 Å². The summed E-state index contributed by atoms with van der Waals surface area (Å²) in [5.74, 6) is 0.387. The zero-order valence-electron chi connectivity index (χ0n) is 11.2. The Kier molecular flexibility index (Phi) is 4.48. The van der Waals surface area contributed by atoms with Crippen LogP contribution in [0.15, 0.2) is 46.9 Å². The highest BCUT2D eigenvalue weighted by Crippen LogP contribution is 2.29. The van der Waals surface area contributed by atoms with Crippen LogP contribution in [-0.2, 0) is 6.54 Å². The van der Waals surface area contributed by atoms with Crippen molar-refractivity contribution in [2.24, 2.45) is 0 Å². The highest BCUT2D eigenvalue weighted by Gasteiger charge is 2.11. The van der Waals surface area contributed by atoms with E-state index in [2.05, 4.69) is 39.9 Å². The van der Waals surface area contributed by atoms with Crippen LogP contribution in [0.3, 0.4) is 0 Å². The summed E-state index contributed by atoms with van der Waals surface area (Å²) in [6.07, 6.45) is 0. The molecular formula is C16H18BrNO. The molecule has 0 saturated carbocycles. The molecule has 0 aliphatic rings. The number of benzene rings is 2. The molecular weight excluding hydrogens is 302 g/mol. The largest absolute Gasteiger partial charge is 0.507 e. The van der Waals surface area contributed by atoms with E-state index >= 15 is 0 Å². The van der Waals surface area contributed by atoms with Crippen molar-refractivity contribution in [3.8, 4) is 5.75 Å². The van der Waals surface area contributed by atoms with E-state index in [0.717, 1.165) is 22.1 Å². The van der Waals surface area contributed by atoms with E-state index in [1.165, 1.54) is 5.69 Å². The van der Waals surface area contributed by atoms with Crippen LogP contribution in [0.1, 0.15) is 18.1 Å². The molecule has 19 heavy (non-hydrogen) atoms. The Labute approximate surface area is 122 Å². The van der Waals surface area contributed by atoms with Crippen LogP contribution in [0.5, 0.6) is 5.75 Å². The van der Waals surface area contributed by atoms with E-state index in [4.69, 9.17) is 0 Å². The number of phenolic OH excluding ortho intramolecular Hbond substituents is 1. The lowest BCUT2D eigenvalue weighted by Gasteiger charge is -2.24. The molecule has 0 spiro atoms. The Morgan fingerprint density at radius 2 is 1.84 bits per heavy atom. The van der Waals surface area contributed by atoms with Crippen LogP contribution in [0.4, 0.5) is 5.69 Å². The number of phenols is 1. The first-order valence-electron chi connectivity index (χ1n) is 6.39. The highest BCUT2D eigenvalue weighted by molar-refractivity contribution is 9.10. The van der Waals surface area contributed by atoms with E-state index in [-0.39, 0.29) is 0 Å². The van der Waals surface area contributed by atoms with E-state index < -0.39 is 0 Å². The van der Waals surface area contributed by atoms with Crippen LogP contribution in [0.2, 0.25) is 0 Å². The summed E-state index contributed by atoms with van der Waals surface area (Å²) < 4.78 is 1.00. The summed E-state index contributed by atoms with van der Waals surface area (Å²) in [6.45, 7) is 5.64. The van der Waals surface area contributed by atoms with Crippen LogP contribution in [-0.4, -0.2) is 11.7 Å². The Hall–Kier alpha value is -1.48. The van der Waals surface area contributed by atoms with Gasteiger partial charge in [-0.3, -0.25) is 0 Å². The van der Waals surface area contributed by atoms with Gasteiger partial charge in [-0.1, -0.05) is 34.1 Å². The Morgan fingerprint density at radius 3 is 2.47 bits per heavy atom. The van der Waals surface area contributed by atoms with E-state index in [9.17, 15) is 5.11 Å². The standard InChI is InChI=1S/C16H18BrNO/c1-3-18(15-7-5-4-6-8-15)11-13-10-14(17)9-12(2)16(13)19/h4-10,19H,3,11H2,1-2H3. The van der Waals surface area contributed by atoms with Crippen LogP contribution >= 0.6 is 15.9 Å². The Balaban J connectivity index is 2.29. The molecule has 0 radical (unpaired) electrons. The predicted molar refractivity (Wildman–Crippen MR) is 83.7 cm³/mol. The SMILES string of the molecule is CCN(Cc1cc(Br)cc(C)c1O)c1ccccc1. The molecule has 2 rings (SSSR count). The van der Waals surface area contributed by atoms with Gasteiger partial charge >= 0.3 is 0 Å². The summed E-state index contributed by atoms with van der Waals surface area (Å²) in [7, 11) is 0. The van der Waals surface area contributed by atoms with Gasteiger partial charge in [0.05, 0.1) is 0 Å². The Morgan fingerprint density at radius 1 is 1.16 bits per heavy atom. The van der Waals surface area contributed by atoms with Gasteiger partial charge in [-0.15, -0.1) is 0 Å². The zero-order valence-corrected chi connectivity index (χ0v) is 12.8. The van der Waals surface area contributed by atoms with Crippen molar-refractivity contribution in [2.75, 3.05) is 11.4 Å². The lowest BCUT2D eigenvalue weighted by atomic mass is 10.1. The van der Waals surface area contributed by atoms with Gasteiger partial charge in [0.25, 0.3) is 0 Å². The summed E-state index contributed by atoms with van der Waals surface area (Å²) in [5.41, 5.74) is 3.01. The molecule has 0 saturated heterocycles. The number of rotatable bonds is 4. The fraction of sp³-hybridized carbons (Fsp3) is 0.250. The summed E-state index contributed by atoms with van der Waals surface area (Å²) in [4.78, 5) is 2.24. The summed E-state index contributed by atoms with van der Waals surface area (Å²) in [5, 5.41) is 10.2. The number of para-hydroxylation sites is 1. The van der Waals surface area contributed by atoms with Crippen LogP contribution < -0.4 is 4.90 Å². The van der Waals surface area contributed by atoms with Gasteiger partial charge in [0.1, 0.15) is 5.75 Å². The molecule has 0 bridgehead atoms.